The monoisotopic (exact) mass is 415 g/mol. The summed E-state index contributed by atoms with van der Waals surface area (Å²) in [6.07, 6.45) is 2.35. The summed E-state index contributed by atoms with van der Waals surface area (Å²) in [4.78, 5) is 2.52. The molecule has 0 saturated carbocycles. The number of rotatable bonds is 5. The molecular formula is C27H26FNO2. The molecule has 5 rings (SSSR count). The van der Waals surface area contributed by atoms with E-state index in [-0.39, 0.29) is 5.82 Å². The first-order valence-electron chi connectivity index (χ1n) is 10.8. The van der Waals surface area contributed by atoms with Gasteiger partial charge in [0.25, 0.3) is 0 Å². The zero-order chi connectivity index (χ0) is 21.2. The third-order valence-corrected chi connectivity index (χ3v) is 6.34. The van der Waals surface area contributed by atoms with Crippen molar-refractivity contribution in [2.24, 2.45) is 0 Å². The minimum Gasteiger partial charge on any atom is -0.493 e. The Balaban J connectivity index is 1.38. The number of methoxy groups -OCH3 is 1. The maximum absolute atomic E-state index is 13.3. The lowest BCUT2D eigenvalue weighted by Gasteiger charge is -2.32. The highest BCUT2D eigenvalue weighted by atomic mass is 19.1. The fourth-order valence-electron chi connectivity index (χ4n) is 4.60. The van der Waals surface area contributed by atoms with Gasteiger partial charge in [0.2, 0.25) is 0 Å². The third-order valence-electron chi connectivity index (χ3n) is 6.34. The van der Waals surface area contributed by atoms with Gasteiger partial charge in [-0.3, -0.25) is 4.90 Å². The van der Waals surface area contributed by atoms with Gasteiger partial charge in [-0.15, -0.1) is 0 Å². The van der Waals surface area contributed by atoms with Crippen molar-refractivity contribution in [1.82, 2.24) is 4.90 Å². The van der Waals surface area contributed by atoms with E-state index in [0.717, 1.165) is 47.7 Å². The molecule has 3 aromatic carbocycles. The molecule has 1 aliphatic rings. The summed E-state index contributed by atoms with van der Waals surface area (Å²) in [5.41, 5.74) is 4.28. The van der Waals surface area contributed by atoms with Gasteiger partial charge >= 0.3 is 0 Å². The Morgan fingerprint density at radius 1 is 0.968 bits per heavy atom. The van der Waals surface area contributed by atoms with E-state index in [1.807, 2.05) is 6.07 Å². The summed E-state index contributed by atoms with van der Waals surface area (Å²) < 4.78 is 25.0. The third kappa shape index (κ3) is 4.08. The molecule has 0 radical (unpaired) electrons. The van der Waals surface area contributed by atoms with Crippen molar-refractivity contribution in [1.29, 1.82) is 0 Å². The molecule has 0 aliphatic carbocycles. The number of piperidine rings is 1. The molecule has 0 unspecified atom stereocenters. The van der Waals surface area contributed by atoms with Gasteiger partial charge in [0.1, 0.15) is 11.6 Å². The van der Waals surface area contributed by atoms with E-state index >= 15 is 0 Å². The molecule has 4 heteroatoms. The predicted octanol–water partition coefficient (Wildman–Crippen LogP) is 6.63. The molecule has 4 aromatic rings. The fourth-order valence-corrected chi connectivity index (χ4v) is 4.60. The number of fused-ring (bicyclic) bond motifs is 1. The predicted molar refractivity (Wildman–Crippen MR) is 122 cm³/mol. The number of likely N-dealkylation sites (tertiary alicyclic amines) is 1. The van der Waals surface area contributed by atoms with Gasteiger partial charge in [-0.2, -0.15) is 0 Å². The van der Waals surface area contributed by atoms with Crippen molar-refractivity contribution in [3.05, 3.63) is 89.7 Å². The molecule has 1 saturated heterocycles. The fraction of sp³-hybridized carbons (Fsp3) is 0.259. The summed E-state index contributed by atoms with van der Waals surface area (Å²) in [5, 5.41) is 1.06. The van der Waals surface area contributed by atoms with Crippen molar-refractivity contribution in [2.45, 2.75) is 25.3 Å². The van der Waals surface area contributed by atoms with E-state index in [9.17, 15) is 4.39 Å². The molecule has 0 bridgehead atoms. The lowest BCUT2D eigenvalue weighted by molar-refractivity contribution is 0.205. The minimum atomic E-state index is -0.253. The van der Waals surface area contributed by atoms with Crippen LogP contribution in [0.25, 0.3) is 22.3 Å². The van der Waals surface area contributed by atoms with Crippen LogP contribution in [0.1, 0.15) is 29.9 Å². The van der Waals surface area contributed by atoms with Crippen LogP contribution in [0.15, 0.2) is 77.2 Å². The van der Waals surface area contributed by atoms with Crippen molar-refractivity contribution in [2.75, 3.05) is 20.2 Å². The zero-order valence-corrected chi connectivity index (χ0v) is 17.7. The molecule has 2 heterocycles. The van der Waals surface area contributed by atoms with Crippen LogP contribution in [0.5, 0.6) is 5.75 Å². The zero-order valence-electron chi connectivity index (χ0n) is 17.7. The average Bonchev–Trinajstić information content (AvgIpc) is 3.27. The molecule has 1 fully saturated rings. The highest BCUT2D eigenvalue weighted by Gasteiger charge is 2.22. The topological polar surface area (TPSA) is 25.6 Å². The molecule has 0 amide bonds. The summed E-state index contributed by atoms with van der Waals surface area (Å²) in [7, 11) is 1.66. The van der Waals surface area contributed by atoms with Gasteiger partial charge in [0.15, 0.2) is 11.3 Å². The van der Waals surface area contributed by atoms with Crippen LogP contribution in [0.3, 0.4) is 0 Å². The SMILES string of the molecule is COc1ccc(CN2CCC(c3ccccc3)CC2)c2cc(-c3ccc(F)cc3)oc12. The van der Waals surface area contributed by atoms with Gasteiger partial charge in [-0.05, 0) is 79.4 Å². The van der Waals surface area contributed by atoms with Crippen LogP contribution in [-0.4, -0.2) is 25.1 Å². The molecule has 1 aromatic heterocycles. The number of furan rings is 1. The van der Waals surface area contributed by atoms with E-state index in [2.05, 4.69) is 47.4 Å². The largest absolute Gasteiger partial charge is 0.493 e. The van der Waals surface area contributed by atoms with Gasteiger partial charge in [0.05, 0.1) is 7.11 Å². The van der Waals surface area contributed by atoms with Crippen LogP contribution < -0.4 is 4.74 Å². The molecule has 158 valence electrons. The molecule has 31 heavy (non-hydrogen) atoms. The number of halogens is 1. The Morgan fingerprint density at radius 3 is 2.42 bits per heavy atom. The number of nitrogens with zero attached hydrogens (tertiary/aromatic N) is 1. The van der Waals surface area contributed by atoms with Gasteiger partial charge in [0, 0.05) is 17.5 Å². The summed E-state index contributed by atoms with van der Waals surface area (Å²) in [6, 6.07) is 23.4. The number of benzene rings is 3. The summed E-state index contributed by atoms with van der Waals surface area (Å²) >= 11 is 0. The molecular weight excluding hydrogens is 389 g/mol. The first kappa shape index (κ1) is 19.8. The van der Waals surface area contributed by atoms with Crippen LogP contribution in [0.4, 0.5) is 4.39 Å². The highest BCUT2D eigenvalue weighted by Crippen LogP contribution is 2.37. The van der Waals surface area contributed by atoms with Gasteiger partial charge < -0.3 is 9.15 Å². The summed E-state index contributed by atoms with van der Waals surface area (Å²) in [6.45, 7) is 3.04. The molecule has 3 nitrogen and oxygen atoms in total. The van der Waals surface area contributed by atoms with Crippen LogP contribution >= 0.6 is 0 Å². The molecule has 0 N–H and O–H groups in total. The van der Waals surface area contributed by atoms with E-state index in [4.69, 9.17) is 9.15 Å². The lowest BCUT2D eigenvalue weighted by atomic mass is 9.89. The lowest BCUT2D eigenvalue weighted by Crippen LogP contribution is -2.32. The maximum atomic E-state index is 13.3. The standard InChI is InChI=1S/C27H26FNO2/c1-30-25-12-9-22(18-29-15-13-20(14-16-29)19-5-3-2-4-6-19)24-17-26(31-27(24)25)21-7-10-23(28)11-8-21/h2-12,17,20H,13-16,18H2,1H3. The van der Waals surface area contributed by atoms with Crippen LogP contribution in [0, 0.1) is 5.82 Å². The number of hydrogen-bond acceptors (Lipinski definition) is 3. The van der Waals surface area contributed by atoms with Crippen LogP contribution in [-0.2, 0) is 6.54 Å². The molecule has 0 spiro atoms. The van der Waals surface area contributed by atoms with Crippen molar-refractivity contribution < 1.29 is 13.5 Å². The minimum absolute atomic E-state index is 0.253. The van der Waals surface area contributed by atoms with Gasteiger partial charge in [-0.25, -0.2) is 4.39 Å². The van der Waals surface area contributed by atoms with Crippen molar-refractivity contribution in [3.63, 3.8) is 0 Å². The highest BCUT2D eigenvalue weighted by molar-refractivity contribution is 5.90. The first-order valence-corrected chi connectivity index (χ1v) is 10.8. The summed E-state index contributed by atoms with van der Waals surface area (Å²) in [5.74, 6) is 1.84. The number of ether oxygens (including phenoxy) is 1. The Hall–Kier alpha value is -3.11. The normalized spacial score (nSPS) is 15.4. The Bertz CT molecular complexity index is 1160. The smallest absolute Gasteiger partial charge is 0.176 e. The Labute approximate surface area is 182 Å². The second-order valence-corrected chi connectivity index (χ2v) is 8.25. The average molecular weight is 416 g/mol. The van der Waals surface area contributed by atoms with E-state index in [1.54, 1.807) is 19.2 Å². The quantitative estimate of drug-likeness (QED) is 0.366. The van der Waals surface area contributed by atoms with E-state index in [0.29, 0.717) is 5.92 Å². The Kier molecular flexibility index (Phi) is 5.47. The van der Waals surface area contributed by atoms with Crippen LogP contribution in [0.2, 0.25) is 0 Å². The second kappa shape index (κ2) is 8.56. The van der Waals surface area contributed by atoms with Crippen molar-refractivity contribution >= 4 is 11.0 Å². The van der Waals surface area contributed by atoms with Crippen molar-refractivity contribution in [3.8, 4) is 17.1 Å². The molecule has 0 atom stereocenters. The van der Waals surface area contributed by atoms with E-state index in [1.165, 1.54) is 36.1 Å². The molecule has 1 aliphatic heterocycles. The van der Waals surface area contributed by atoms with E-state index < -0.39 is 0 Å². The second-order valence-electron chi connectivity index (χ2n) is 8.25. The first-order chi connectivity index (χ1) is 15.2. The maximum Gasteiger partial charge on any atom is 0.176 e. The van der Waals surface area contributed by atoms with Gasteiger partial charge in [-0.1, -0.05) is 36.4 Å². The number of hydrogen-bond donors (Lipinski definition) is 0. The Morgan fingerprint density at radius 2 is 1.71 bits per heavy atom.